The van der Waals surface area contributed by atoms with Crippen molar-refractivity contribution in [2.75, 3.05) is 26.2 Å². The summed E-state index contributed by atoms with van der Waals surface area (Å²) >= 11 is 0. The molecule has 0 unspecified atom stereocenters. The molecule has 0 bridgehead atoms. The van der Waals surface area contributed by atoms with Crippen molar-refractivity contribution in [3.8, 4) is 0 Å². The van der Waals surface area contributed by atoms with Crippen LogP contribution in [0.15, 0.2) is 5.10 Å². The van der Waals surface area contributed by atoms with Crippen LogP contribution >= 0.6 is 0 Å². The minimum atomic E-state index is 0.684. The van der Waals surface area contributed by atoms with Gasteiger partial charge in [-0.2, -0.15) is 5.10 Å². The quantitative estimate of drug-likeness (QED) is 0.225. The van der Waals surface area contributed by atoms with Gasteiger partial charge in [0.25, 0.3) is 0 Å². The molecule has 0 aromatic carbocycles. The molecular weight excluding hydrogens is 240 g/mol. The van der Waals surface area contributed by atoms with Crippen molar-refractivity contribution in [2.24, 2.45) is 22.7 Å². The van der Waals surface area contributed by atoms with Gasteiger partial charge in [-0.25, -0.2) is 5.84 Å². The number of nitrogens with one attached hydrogen (secondary N) is 2. The number of piperidine rings is 1. The number of amidine groups is 1. The lowest BCUT2D eigenvalue weighted by Crippen LogP contribution is -2.38. The van der Waals surface area contributed by atoms with Gasteiger partial charge < -0.3 is 21.5 Å². The van der Waals surface area contributed by atoms with Crippen LogP contribution in [0.25, 0.3) is 0 Å². The standard InChI is InChI=1S/C13H28N6/c14-17-13(18-15)2-1-7-19-8-5-11(6-9-19)10-16-12-3-4-12/h11-12,16H,1-10,14-15H2,(H,17,18). The molecule has 0 atom stereocenters. The highest BCUT2D eigenvalue weighted by Gasteiger charge is 2.24. The molecule has 19 heavy (non-hydrogen) atoms. The molecular formula is C13H28N6. The van der Waals surface area contributed by atoms with Crippen molar-refractivity contribution < 1.29 is 0 Å². The Bertz CT molecular complexity index is 281. The Labute approximate surface area is 115 Å². The summed E-state index contributed by atoms with van der Waals surface area (Å²) < 4.78 is 0. The first kappa shape index (κ1) is 14.6. The van der Waals surface area contributed by atoms with Gasteiger partial charge in [0.2, 0.25) is 0 Å². The molecule has 1 aliphatic carbocycles. The summed E-state index contributed by atoms with van der Waals surface area (Å²) in [6, 6.07) is 0.843. The van der Waals surface area contributed by atoms with Gasteiger partial charge in [0.05, 0.1) is 0 Å². The van der Waals surface area contributed by atoms with Crippen LogP contribution in [-0.4, -0.2) is 43.0 Å². The summed E-state index contributed by atoms with van der Waals surface area (Å²) in [6.45, 7) is 4.79. The number of hydrazone groups is 1. The topological polar surface area (TPSA) is 91.7 Å². The molecule has 6 N–H and O–H groups in total. The lowest BCUT2D eigenvalue weighted by Gasteiger charge is -2.32. The second kappa shape index (κ2) is 7.67. The maximum Gasteiger partial charge on any atom is 0.135 e. The normalized spacial score (nSPS) is 22.7. The summed E-state index contributed by atoms with van der Waals surface area (Å²) in [5.74, 6) is 12.1. The molecule has 0 aromatic heterocycles. The zero-order chi connectivity index (χ0) is 13.5. The van der Waals surface area contributed by atoms with Crippen molar-refractivity contribution in [1.82, 2.24) is 15.6 Å². The fourth-order valence-corrected chi connectivity index (χ4v) is 2.68. The largest absolute Gasteiger partial charge is 0.322 e. The predicted molar refractivity (Wildman–Crippen MR) is 78.4 cm³/mol. The SMILES string of the molecule is N/N=C(/CCCN1CCC(CNC2CC2)CC1)NN. The molecule has 0 spiro atoms. The lowest BCUT2D eigenvalue weighted by molar-refractivity contribution is 0.181. The van der Waals surface area contributed by atoms with Gasteiger partial charge in [-0.15, -0.1) is 0 Å². The highest BCUT2D eigenvalue weighted by molar-refractivity contribution is 5.81. The highest BCUT2D eigenvalue weighted by atomic mass is 15.3. The van der Waals surface area contributed by atoms with E-state index in [1.165, 1.54) is 45.3 Å². The number of hydrazine groups is 1. The lowest BCUT2D eigenvalue weighted by atomic mass is 9.96. The zero-order valence-electron chi connectivity index (χ0n) is 11.8. The van der Waals surface area contributed by atoms with E-state index in [4.69, 9.17) is 11.7 Å². The number of rotatable bonds is 7. The smallest absolute Gasteiger partial charge is 0.135 e. The van der Waals surface area contributed by atoms with Gasteiger partial charge in [-0.1, -0.05) is 0 Å². The van der Waals surface area contributed by atoms with Gasteiger partial charge in [-0.3, -0.25) is 0 Å². The molecule has 6 heteroatoms. The first-order valence-electron chi connectivity index (χ1n) is 7.51. The molecule has 6 nitrogen and oxygen atoms in total. The van der Waals surface area contributed by atoms with Crippen LogP contribution in [0.2, 0.25) is 0 Å². The molecule has 0 radical (unpaired) electrons. The van der Waals surface area contributed by atoms with E-state index in [0.29, 0.717) is 5.84 Å². The Hall–Kier alpha value is -0.850. The average Bonchev–Trinajstić information content (AvgIpc) is 3.27. The van der Waals surface area contributed by atoms with E-state index in [0.717, 1.165) is 31.3 Å². The third kappa shape index (κ3) is 5.34. The maximum absolute atomic E-state index is 5.30. The fourth-order valence-electron chi connectivity index (χ4n) is 2.68. The Morgan fingerprint density at radius 3 is 2.53 bits per heavy atom. The fraction of sp³-hybridized carbons (Fsp3) is 0.923. The molecule has 1 heterocycles. The Morgan fingerprint density at radius 1 is 1.21 bits per heavy atom. The summed E-state index contributed by atoms with van der Waals surface area (Å²) in [7, 11) is 0. The minimum absolute atomic E-state index is 0.684. The van der Waals surface area contributed by atoms with Gasteiger partial charge >= 0.3 is 0 Å². The van der Waals surface area contributed by atoms with E-state index in [-0.39, 0.29) is 0 Å². The van der Waals surface area contributed by atoms with Gasteiger partial charge in [-0.05, 0) is 64.2 Å². The number of nitrogens with zero attached hydrogens (tertiary/aromatic N) is 2. The van der Waals surface area contributed by atoms with E-state index in [9.17, 15) is 0 Å². The molecule has 0 aromatic rings. The van der Waals surface area contributed by atoms with Gasteiger partial charge in [0.15, 0.2) is 0 Å². The third-order valence-corrected chi connectivity index (χ3v) is 4.19. The summed E-state index contributed by atoms with van der Waals surface area (Å²) in [6.07, 6.45) is 7.32. The van der Waals surface area contributed by atoms with Crippen molar-refractivity contribution in [3.63, 3.8) is 0 Å². The van der Waals surface area contributed by atoms with Crippen LogP contribution in [0, 0.1) is 5.92 Å². The van der Waals surface area contributed by atoms with Gasteiger partial charge in [0, 0.05) is 12.5 Å². The molecule has 1 saturated heterocycles. The third-order valence-electron chi connectivity index (χ3n) is 4.19. The average molecular weight is 268 g/mol. The Morgan fingerprint density at radius 2 is 1.95 bits per heavy atom. The molecule has 2 aliphatic rings. The molecule has 0 amide bonds. The van der Waals surface area contributed by atoms with Gasteiger partial charge in [0.1, 0.15) is 5.84 Å². The monoisotopic (exact) mass is 268 g/mol. The van der Waals surface area contributed by atoms with Crippen molar-refractivity contribution in [1.29, 1.82) is 0 Å². The minimum Gasteiger partial charge on any atom is -0.322 e. The first-order chi connectivity index (χ1) is 9.31. The van der Waals surface area contributed by atoms with Crippen molar-refractivity contribution in [3.05, 3.63) is 0 Å². The van der Waals surface area contributed by atoms with E-state index < -0.39 is 0 Å². The second-order valence-corrected chi connectivity index (χ2v) is 5.79. The van der Waals surface area contributed by atoms with E-state index >= 15 is 0 Å². The Kier molecular flexibility index (Phi) is 5.88. The van der Waals surface area contributed by atoms with E-state index in [1.54, 1.807) is 0 Å². The van der Waals surface area contributed by atoms with E-state index in [2.05, 4.69) is 20.7 Å². The van der Waals surface area contributed by atoms with Crippen LogP contribution in [0.1, 0.15) is 38.5 Å². The van der Waals surface area contributed by atoms with Crippen molar-refractivity contribution >= 4 is 5.84 Å². The van der Waals surface area contributed by atoms with Crippen LogP contribution in [0.3, 0.4) is 0 Å². The molecule has 1 aliphatic heterocycles. The summed E-state index contributed by atoms with van der Waals surface area (Å²) in [4.78, 5) is 2.54. The van der Waals surface area contributed by atoms with Crippen LogP contribution < -0.4 is 22.4 Å². The van der Waals surface area contributed by atoms with Crippen LogP contribution in [0.5, 0.6) is 0 Å². The molecule has 2 fully saturated rings. The number of hydrogen-bond donors (Lipinski definition) is 4. The second-order valence-electron chi connectivity index (χ2n) is 5.79. The predicted octanol–water partition coefficient (Wildman–Crippen LogP) is -0.0339. The molecule has 1 saturated carbocycles. The number of nitrogens with two attached hydrogens (primary N) is 2. The summed E-state index contributed by atoms with van der Waals surface area (Å²) in [5, 5.41) is 7.25. The first-order valence-corrected chi connectivity index (χ1v) is 7.51. The van der Waals surface area contributed by atoms with Crippen LogP contribution in [0.4, 0.5) is 0 Å². The Balaban J connectivity index is 1.52. The molecule has 2 rings (SSSR count). The number of likely N-dealkylation sites (tertiary alicyclic amines) is 1. The maximum atomic E-state index is 5.30. The summed E-state index contributed by atoms with van der Waals surface area (Å²) in [5.41, 5.74) is 2.53. The zero-order valence-corrected chi connectivity index (χ0v) is 11.8. The van der Waals surface area contributed by atoms with Crippen LogP contribution in [-0.2, 0) is 0 Å². The van der Waals surface area contributed by atoms with E-state index in [1.807, 2.05) is 0 Å². The number of hydrogen-bond acceptors (Lipinski definition) is 5. The molecule has 110 valence electrons. The van der Waals surface area contributed by atoms with Crippen molar-refractivity contribution in [2.45, 2.75) is 44.6 Å². The highest BCUT2D eigenvalue weighted by Crippen LogP contribution is 2.21.